The van der Waals surface area contributed by atoms with Crippen LogP contribution in [-0.4, -0.2) is 76.0 Å². The Morgan fingerprint density at radius 2 is 1.89 bits per heavy atom. The minimum absolute atomic E-state index is 0.0245. The van der Waals surface area contributed by atoms with Gasteiger partial charge in [0.15, 0.2) is 0 Å². The Hall–Kier alpha value is -4.20. The number of hydrogen-bond donors (Lipinski definition) is 2. The topological polar surface area (TPSA) is 116 Å². The molecule has 0 bridgehead atoms. The summed E-state index contributed by atoms with van der Waals surface area (Å²) in [5.74, 6) is 6.80. The minimum Gasteiger partial charge on any atom is -0.340 e. The Morgan fingerprint density at radius 1 is 1.14 bits per heavy atom. The van der Waals surface area contributed by atoms with Gasteiger partial charge in [0.05, 0.1) is 23.5 Å². The first-order valence-electron chi connectivity index (χ1n) is 14.6. The van der Waals surface area contributed by atoms with Crippen molar-refractivity contribution in [2.75, 3.05) is 32.5 Å². The number of quaternary nitrogens is 1. The number of piperidine rings is 1. The maximum atomic E-state index is 13.7. The van der Waals surface area contributed by atoms with Gasteiger partial charge in [0.1, 0.15) is 23.3 Å². The number of carbonyl (C=O) groups excluding carboxylic acids is 2. The first kappa shape index (κ1) is 29.9. The van der Waals surface area contributed by atoms with Gasteiger partial charge in [-0.1, -0.05) is 0 Å². The van der Waals surface area contributed by atoms with Crippen LogP contribution in [0.2, 0.25) is 0 Å². The first-order chi connectivity index (χ1) is 20.9. The summed E-state index contributed by atoms with van der Waals surface area (Å²) in [6, 6.07) is 8.15. The number of anilines is 1. The van der Waals surface area contributed by atoms with Crippen molar-refractivity contribution in [2.24, 2.45) is 21.7 Å². The highest BCUT2D eigenvalue weighted by molar-refractivity contribution is 6.05. The van der Waals surface area contributed by atoms with Crippen LogP contribution in [0.4, 0.5) is 19.0 Å². The molecule has 3 N–H and O–H groups in total. The van der Waals surface area contributed by atoms with Crippen LogP contribution in [0, 0.1) is 5.92 Å². The molecule has 2 unspecified atom stereocenters. The second kappa shape index (κ2) is 11.1. The third-order valence-corrected chi connectivity index (χ3v) is 9.09. The molecule has 3 aliphatic heterocycles. The zero-order chi connectivity index (χ0) is 31.3. The monoisotopic (exact) mass is 607 g/mol. The number of halogens is 3. The van der Waals surface area contributed by atoms with Gasteiger partial charge in [0, 0.05) is 30.8 Å². The molecule has 10 nitrogen and oxygen atoms in total. The summed E-state index contributed by atoms with van der Waals surface area (Å²) in [5, 5.41) is 2.42. The number of rotatable bonds is 6. The molecule has 1 aromatic carbocycles. The number of amidine groups is 1. The molecule has 2 amide bonds. The quantitative estimate of drug-likeness (QED) is 0.376. The smallest absolute Gasteiger partial charge is 0.340 e. The van der Waals surface area contributed by atoms with Crippen molar-refractivity contribution in [1.29, 1.82) is 0 Å². The number of nitrogens with one attached hydrogen (secondary N) is 1. The molecule has 0 spiro atoms. The Kier molecular flexibility index (Phi) is 7.50. The van der Waals surface area contributed by atoms with Crippen LogP contribution in [0.25, 0.3) is 0 Å². The molecule has 1 saturated heterocycles. The van der Waals surface area contributed by atoms with Crippen molar-refractivity contribution >= 4 is 29.7 Å². The van der Waals surface area contributed by atoms with Crippen LogP contribution < -0.4 is 11.2 Å². The number of amides is 2. The molecule has 2 fully saturated rings. The van der Waals surface area contributed by atoms with Crippen LogP contribution in [0.3, 0.4) is 0 Å². The van der Waals surface area contributed by atoms with Crippen molar-refractivity contribution in [1.82, 2.24) is 14.8 Å². The Balaban J connectivity index is 1.23. The van der Waals surface area contributed by atoms with Gasteiger partial charge in [-0.3, -0.25) is 19.5 Å². The van der Waals surface area contributed by atoms with Gasteiger partial charge in [-0.15, -0.1) is 4.59 Å². The van der Waals surface area contributed by atoms with Crippen molar-refractivity contribution in [3.63, 3.8) is 0 Å². The highest BCUT2D eigenvalue weighted by Gasteiger charge is 2.50. The number of carbonyl (C=O) groups is 2. The van der Waals surface area contributed by atoms with E-state index in [0.29, 0.717) is 24.5 Å². The summed E-state index contributed by atoms with van der Waals surface area (Å²) >= 11 is 0. The molecule has 1 aromatic heterocycles. The van der Waals surface area contributed by atoms with Crippen LogP contribution in [0.15, 0.2) is 76.4 Å². The molecular weight excluding hydrogens is 573 g/mol. The van der Waals surface area contributed by atoms with E-state index in [1.807, 2.05) is 19.0 Å². The average molecular weight is 608 g/mol. The van der Waals surface area contributed by atoms with Crippen LogP contribution >= 0.6 is 0 Å². The number of hydrogen-bond acceptors (Lipinski definition) is 7. The van der Waals surface area contributed by atoms with Crippen LogP contribution in [-0.2, 0) is 11.0 Å². The second-order valence-electron chi connectivity index (χ2n) is 11.9. The number of alkyl halides is 3. The van der Waals surface area contributed by atoms with E-state index in [9.17, 15) is 22.8 Å². The molecule has 13 heteroatoms. The van der Waals surface area contributed by atoms with E-state index in [1.54, 1.807) is 42.9 Å². The van der Waals surface area contributed by atoms with E-state index in [-0.39, 0.29) is 27.8 Å². The molecule has 4 aliphatic rings. The van der Waals surface area contributed by atoms with Crippen molar-refractivity contribution in [3.8, 4) is 0 Å². The van der Waals surface area contributed by atoms with Crippen molar-refractivity contribution in [3.05, 3.63) is 83.1 Å². The lowest BCUT2D eigenvalue weighted by Gasteiger charge is -2.49. The standard InChI is InChI=1S/C31H33F3N8O2/c1-40(2)30(11-4-12-30)29(44)41-15-3-5-22(19-41)26-24-18-36-14-16-42(24,35)27(39-26)20-6-8-21(9-7-20)28(43)38-25-17-23(10-13-37-25)31(32,33)34/h6-10,13-14,16-18,22H,3-5,11-12,15,19,35H2,1-2H3/p+1. The summed E-state index contributed by atoms with van der Waals surface area (Å²) in [7, 11) is 3.94. The number of benzene rings is 1. The molecule has 4 heterocycles. The molecule has 230 valence electrons. The van der Waals surface area contributed by atoms with Gasteiger partial charge in [-0.05, 0) is 82.6 Å². The summed E-state index contributed by atoms with van der Waals surface area (Å²) in [6.45, 7) is 1.25. The second-order valence-corrected chi connectivity index (χ2v) is 11.9. The highest BCUT2D eigenvalue weighted by atomic mass is 19.4. The Bertz CT molecular complexity index is 1610. The zero-order valence-electron chi connectivity index (χ0n) is 24.5. The zero-order valence-corrected chi connectivity index (χ0v) is 24.5. The van der Waals surface area contributed by atoms with Crippen LogP contribution in [0.1, 0.15) is 53.6 Å². The Morgan fingerprint density at radius 3 is 2.55 bits per heavy atom. The highest BCUT2D eigenvalue weighted by Crippen LogP contribution is 2.41. The number of nitrogens with zero attached hydrogens (tertiary/aromatic N) is 6. The molecule has 0 radical (unpaired) electrons. The van der Waals surface area contributed by atoms with Crippen molar-refractivity contribution < 1.29 is 27.4 Å². The minimum atomic E-state index is -4.55. The van der Waals surface area contributed by atoms with Gasteiger partial charge in [-0.2, -0.15) is 24.0 Å². The fourth-order valence-electron chi connectivity index (χ4n) is 6.38. The lowest BCUT2D eigenvalue weighted by Crippen LogP contribution is -2.62. The maximum Gasteiger partial charge on any atom is 0.416 e. The molecular formula is C31H34F3N8O2+. The number of nitrogens with two attached hydrogens (primary N) is 1. The normalized spacial score (nSPS) is 24.2. The summed E-state index contributed by atoms with van der Waals surface area (Å²) in [5.41, 5.74) is 1.07. The number of aliphatic imine (C=N–C) groups is 2. The fourth-order valence-corrected chi connectivity index (χ4v) is 6.38. The van der Waals surface area contributed by atoms with Gasteiger partial charge in [-0.25, -0.2) is 4.98 Å². The maximum absolute atomic E-state index is 13.7. The van der Waals surface area contributed by atoms with Crippen LogP contribution in [0.5, 0.6) is 0 Å². The third-order valence-electron chi connectivity index (χ3n) is 9.09. The number of pyridine rings is 1. The van der Waals surface area contributed by atoms with Gasteiger partial charge in [0.25, 0.3) is 11.7 Å². The van der Waals surface area contributed by atoms with Gasteiger partial charge >= 0.3 is 6.18 Å². The number of likely N-dealkylation sites (N-methyl/N-ethyl adjacent to an activating group) is 1. The van der Waals surface area contributed by atoms with E-state index in [0.717, 1.165) is 61.8 Å². The van der Waals surface area contributed by atoms with Crippen molar-refractivity contribution in [2.45, 2.75) is 43.8 Å². The summed E-state index contributed by atoms with van der Waals surface area (Å²) in [6.07, 6.45) is 5.98. The predicted octanol–water partition coefficient (Wildman–Crippen LogP) is 4.29. The lowest BCUT2D eigenvalue weighted by molar-refractivity contribution is -0.750. The van der Waals surface area contributed by atoms with Gasteiger partial charge < -0.3 is 10.2 Å². The number of likely N-dealkylation sites (tertiary alicyclic amines) is 1. The SMILES string of the molecule is CN(C)C1(C(=O)N2CCCC(C3=C4C=NC=C[N+]4(N)C(c4ccc(C(=O)Nc5cc(C(F)(F)F)ccn5)cc4)=N3)C2)CCC1. The fraction of sp³-hybridized carbons (Fsp3) is 0.387. The first-order valence-corrected chi connectivity index (χ1v) is 14.6. The third kappa shape index (κ3) is 5.14. The molecule has 1 aliphatic carbocycles. The average Bonchev–Trinajstić information content (AvgIpc) is 3.29. The van der Waals surface area contributed by atoms with Gasteiger partial charge in [0.2, 0.25) is 11.6 Å². The molecule has 6 rings (SSSR count). The molecule has 2 aromatic rings. The van der Waals surface area contributed by atoms with E-state index in [2.05, 4.69) is 20.2 Å². The van der Waals surface area contributed by atoms with E-state index < -0.39 is 23.2 Å². The molecule has 44 heavy (non-hydrogen) atoms. The number of allylic oxidation sites excluding steroid dienone is 1. The van der Waals surface area contributed by atoms with E-state index >= 15 is 0 Å². The number of fused-ring (bicyclic) bond motifs is 1. The number of aromatic nitrogens is 1. The lowest BCUT2D eigenvalue weighted by atomic mass is 9.74. The summed E-state index contributed by atoms with van der Waals surface area (Å²) in [4.78, 5) is 43.7. The molecule has 2 atom stereocenters. The summed E-state index contributed by atoms with van der Waals surface area (Å²) < 4.78 is 39.0. The predicted molar refractivity (Wildman–Crippen MR) is 159 cm³/mol. The largest absolute Gasteiger partial charge is 0.416 e. The Labute approximate surface area is 253 Å². The van der Waals surface area contributed by atoms with E-state index in [4.69, 9.17) is 10.8 Å². The molecule has 1 saturated carbocycles. The van der Waals surface area contributed by atoms with E-state index in [1.165, 1.54) is 0 Å².